The minimum Gasteiger partial charge on any atom is -0.447 e. The number of carbonyl (C=O) groups is 2. The molecule has 4 heteroatoms. The van der Waals surface area contributed by atoms with Crippen molar-refractivity contribution in [3.05, 3.63) is 12.7 Å². The van der Waals surface area contributed by atoms with Gasteiger partial charge in [0.05, 0.1) is 6.54 Å². The Kier molecular flexibility index (Phi) is 3.88. The van der Waals surface area contributed by atoms with Gasteiger partial charge in [-0.2, -0.15) is 0 Å². The van der Waals surface area contributed by atoms with E-state index >= 15 is 0 Å². The van der Waals surface area contributed by atoms with Gasteiger partial charge in [-0.15, -0.1) is 6.58 Å². The van der Waals surface area contributed by atoms with Crippen LogP contribution in [0.5, 0.6) is 0 Å². The van der Waals surface area contributed by atoms with Crippen LogP contribution in [0.3, 0.4) is 0 Å². The van der Waals surface area contributed by atoms with Crippen LogP contribution in [0.1, 0.15) is 20.3 Å². The average Bonchev–Trinajstić information content (AvgIpc) is 2.65. The Balaban J connectivity index is 2.72. The van der Waals surface area contributed by atoms with Crippen molar-refractivity contribution < 1.29 is 14.3 Å². The van der Waals surface area contributed by atoms with Crippen LogP contribution >= 0.6 is 0 Å². The first kappa shape index (κ1) is 11.8. The SMILES string of the molecule is C=CC(C)C(CC)C(=O)N1CCOC1=O. The van der Waals surface area contributed by atoms with Crippen molar-refractivity contribution in [1.82, 2.24) is 4.90 Å². The van der Waals surface area contributed by atoms with Gasteiger partial charge >= 0.3 is 6.09 Å². The molecule has 2 amide bonds. The number of amides is 2. The van der Waals surface area contributed by atoms with Crippen LogP contribution in [0.25, 0.3) is 0 Å². The molecule has 2 unspecified atom stereocenters. The summed E-state index contributed by atoms with van der Waals surface area (Å²) in [6.07, 6.45) is 1.93. The zero-order chi connectivity index (χ0) is 11.4. The summed E-state index contributed by atoms with van der Waals surface area (Å²) in [5.41, 5.74) is 0. The zero-order valence-electron chi connectivity index (χ0n) is 9.23. The Labute approximate surface area is 89.9 Å². The van der Waals surface area contributed by atoms with E-state index in [0.29, 0.717) is 19.6 Å². The van der Waals surface area contributed by atoms with E-state index in [1.165, 1.54) is 4.90 Å². The number of imide groups is 1. The van der Waals surface area contributed by atoms with Crippen LogP contribution in [-0.2, 0) is 9.53 Å². The van der Waals surface area contributed by atoms with E-state index in [2.05, 4.69) is 6.58 Å². The van der Waals surface area contributed by atoms with Gasteiger partial charge in [-0.1, -0.05) is 19.9 Å². The Hall–Kier alpha value is -1.32. The number of allylic oxidation sites excluding steroid dienone is 1. The third-order valence-electron chi connectivity index (χ3n) is 2.79. The highest BCUT2D eigenvalue weighted by Gasteiger charge is 2.34. The molecule has 0 N–H and O–H groups in total. The van der Waals surface area contributed by atoms with E-state index in [9.17, 15) is 9.59 Å². The standard InChI is InChI=1S/C11H17NO3/c1-4-8(3)9(5-2)10(13)12-6-7-15-11(12)14/h4,8-9H,1,5-7H2,2-3H3. The van der Waals surface area contributed by atoms with E-state index in [1.807, 2.05) is 13.8 Å². The first-order valence-corrected chi connectivity index (χ1v) is 5.22. The van der Waals surface area contributed by atoms with E-state index in [0.717, 1.165) is 0 Å². The topological polar surface area (TPSA) is 46.6 Å². The number of cyclic esters (lactones) is 1. The first-order valence-electron chi connectivity index (χ1n) is 5.22. The summed E-state index contributed by atoms with van der Waals surface area (Å²) in [6, 6.07) is 0. The van der Waals surface area contributed by atoms with Crippen molar-refractivity contribution >= 4 is 12.0 Å². The smallest absolute Gasteiger partial charge is 0.416 e. The van der Waals surface area contributed by atoms with Crippen LogP contribution < -0.4 is 0 Å². The van der Waals surface area contributed by atoms with Gasteiger partial charge in [0.15, 0.2) is 0 Å². The molecule has 1 rings (SSSR count). The fourth-order valence-electron chi connectivity index (χ4n) is 1.73. The first-order chi connectivity index (χ1) is 7.11. The summed E-state index contributed by atoms with van der Waals surface area (Å²) in [4.78, 5) is 24.4. The van der Waals surface area contributed by atoms with Crippen molar-refractivity contribution in [3.63, 3.8) is 0 Å². The highest BCUT2D eigenvalue weighted by Crippen LogP contribution is 2.21. The molecule has 1 fully saturated rings. The summed E-state index contributed by atoms with van der Waals surface area (Å²) in [5.74, 6) is -0.239. The predicted octanol–water partition coefficient (Wildman–Crippen LogP) is 1.81. The Morgan fingerprint density at radius 3 is 2.80 bits per heavy atom. The molecule has 0 aromatic heterocycles. The van der Waals surface area contributed by atoms with Crippen LogP contribution in [0.15, 0.2) is 12.7 Å². The number of hydrogen-bond donors (Lipinski definition) is 0. The Bertz CT molecular complexity index is 275. The van der Waals surface area contributed by atoms with Crippen LogP contribution in [0.4, 0.5) is 4.79 Å². The van der Waals surface area contributed by atoms with Crippen molar-refractivity contribution in [2.24, 2.45) is 11.8 Å². The molecule has 2 atom stereocenters. The highest BCUT2D eigenvalue weighted by atomic mass is 16.6. The maximum absolute atomic E-state index is 12.0. The third-order valence-corrected chi connectivity index (χ3v) is 2.79. The monoisotopic (exact) mass is 211 g/mol. The maximum atomic E-state index is 12.0. The molecule has 0 aliphatic carbocycles. The lowest BCUT2D eigenvalue weighted by Crippen LogP contribution is -2.38. The fraction of sp³-hybridized carbons (Fsp3) is 0.636. The number of nitrogens with zero attached hydrogens (tertiary/aromatic N) is 1. The maximum Gasteiger partial charge on any atom is 0.416 e. The van der Waals surface area contributed by atoms with Gasteiger partial charge < -0.3 is 4.74 Å². The molecule has 15 heavy (non-hydrogen) atoms. The van der Waals surface area contributed by atoms with Crippen LogP contribution in [-0.4, -0.2) is 30.1 Å². The molecule has 0 radical (unpaired) electrons. The lowest BCUT2D eigenvalue weighted by atomic mass is 9.90. The van der Waals surface area contributed by atoms with E-state index in [1.54, 1.807) is 6.08 Å². The molecule has 0 bridgehead atoms. The molecule has 4 nitrogen and oxygen atoms in total. The summed E-state index contributed by atoms with van der Waals surface area (Å²) >= 11 is 0. The molecule has 0 aromatic rings. The Morgan fingerprint density at radius 1 is 1.73 bits per heavy atom. The van der Waals surface area contributed by atoms with Gasteiger partial charge in [-0.25, -0.2) is 9.69 Å². The molecule has 0 aromatic carbocycles. The summed E-state index contributed by atoms with van der Waals surface area (Å²) < 4.78 is 4.73. The summed E-state index contributed by atoms with van der Waals surface area (Å²) in [5, 5.41) is 0. The van der Waals surface area contributed by atoms with Gasteiger partial charge in [0.2, 0.25) is 5.91 Å². The average molecular weight is 211 g/mol. The summed E-state index contributed by atoms with van der Waals surface area (Å²) in [6.45, 7) is 8.22. The van der Waals surface area contributed by atoms with Gasteiger partial charge in [0.25, 0.3) is 0 Å². The van der Waals surface area contributed by atoms with Crippen molar-refractivity contribution in [3.8, 4) is 0 Å². The van der Waals surface area contributed by atoms with E-state index < -0.39 is 6.09 Å². The van der Waals surface area contributed by atoms with Crippen molar-refractivity contribution in [2.45, 2.75) is 20.3 Å². The second kappa shape index (κ2) is 4.96. The molecule has 1 heterocycles. The number of carbonyl (C=O) groups excluding carboxylic acids is 2. The molecule has 1 aliphatic rings. The largest absolute Gasteiger partial charge is 0.447 e. The second-order valence-corrected chi connectivity index (χ2v) is 3.71. The molecular formula is C11H17NO3. The Morgan fingerprint density at radius 2 is 2.40 bits per heavy atom. The lowest BCUT2D eigenvalue weighted by Gasteiger charge is -2.22. The minimum atomic E-state index is -0.519. The van der Waals surface area contributed by atoms with Gasteiger partial charge in [-0.3, -0.25) is 4.79 Å². The fourth-order valence-corrected chi connectivity index (χ4v) is 1.73. The second-order valence-electron chi connectivity index (χ2n) is 3.71. The molecule has 1 saturated heterocycles. The third kappa shape index (κ3) is 2.37. The number of hydrogen-bond acceptors (Lipinski definition) is 3. The molecule has 0 spiro atoms. The zero-order valence-corrected chi connectivity index (χ0v) is 9.23. The highest BCUT2D eigenvalue weighted by molar-refractivity contribution is 5.94. The molecular weight excluding hydrogens is 194 g/mol. The molecule has 0 saturated carbocycles. The number of ether oxygens (including phenoxy) is 1. The lowest BCUT2D eigenvalue weighted by molar-refractivity contribution is -0.133. The normalized spacial score (nSPS) is 19.6. The molecule has 84 valence electrons. The van der Waals surface area contributed by atoms with E-state index in [-0.39, 0.29) is 17.7 Å². The van der Waals surface area contributed by atoms with E-state index in [4.69, 9.17) is 4.74 Å². The van der Waals surface area contributed by atoms with Gasteiger partial charge in [0.1, 0.15) is 6.61 Å². The quantitative estimate of drug-likeness (QED) is 0.666. The molecule has 1 aliphatic heterocycles. The predicted molar refractivity (Wildman–Crippen MR) is 56.2 cm³/mol. The van der Waals surface area contributed by atoms with Crippen LogP contribution in [0, 0.1) is 11.8 Å². The number of rotatable bonds is 4. The van der Waals surface area contributed by atoms with Crippen LogP contribution in [0.2, 0.25) is 0 Å². The van der Waals surface area contributed by atoms with Gasteiger partial charge in [0, 0.05) is 5.92 Å². The summed E-state index contributed by atoms with van der Waals surface area (Å²) in [7, 11) is 0. The van der Waals surface area contributed by atoms with Gasteiger partial charge in [-0.05, 0) is 12.3 Å². The van der Waals surface area contributed by atoms with Crippen molar-refractivity contribution in [1.29, 1.82) is 0 Å². The minimum absolute atomic E-state index is 0.0795. The van der Waals surface area contributed by atoms with Crippen molar-refractivity contribution in [2.75, 3.05) is 13.2 Å².